The molecule has 0 aromatic heterocycles. The molecule has 0 amide bonds. The molecule has 1 aliphatic rings. The fraction of sp³-hybridized carbons (Fsp3) is 0.333. The van der Waals surface area contributed by atoms with Crippen molar-refractivity contribution in [3.63, 3.8) is 0 Å². The topological polar surface area (TPSA) is 38.5 Å². The number of anilines is 1. The Morgan fingerprint density at radius 2 is 2.11 bits per heavy atom. The van der Waals surface area contributed by atoms with Crippen LogP contribution in [0.15, 0.2) is 36.4 Å². The van der Waals surface area contributed by atoms with Gasteiger partial charge in [0, 0.05) is 18.5 Å². The lowest BCUT2D eigenvalue weighted by atomic mass is 10.1. The highest BCUT2D eigenvalue weighted by Gasteiger charge is 2.23. The van der Waals surface area contributed by atoms with Crippen LogP contribution in [-0.2, 0) is 0 Å². The highest BCUT2D eigenvalue weighted by Crippen LogP contribution is 2.39. The van der Waals surface area contributed by atoms with E-state index in [1.807, 2.05) is 0 Å². The summed E-state index contributed by atoms with van der Waals surface area (Å²) in [5.41, 5.74) is 6.86. The molecule has 3 nitrogen and oxygen atoms in total. The molecule has 1 aliphatic heterocycles. The lowest BCUT2D eigenvalue weighted by Gasteiger charge is -2.35. The van der Waals surface area contributed by atoms with Crippen LogP contribution in [-0.4, -0.2) is 25.7 Å². The Hall–Kier alpha value is -1.74. The predicted octanol–water partition coefficient (Wildman–Crippen LogP) is 2.39. The molecular formula is C15H18N2O. The number of hydrogen-bond donors (Lipinski definition) is 1. The summed E-state index contributed by atoms with van der Waals surface area (Å²) in [6.45, 7) is 4.55. The first-order chi connectivity index (χ1) is 8.79. The van der Waals surface area contributed by atoms with Crippen LogP contribution in [0.3, 0.4) is 0 Å². The highest BCUT2D eigenvalue weighted by atomic mass is 16.5. The molecule has 3 rings (SSSR count). The maximum Gasteiger partial charge on any atom is 0.150 e. The summed E-state index contributed by atoms with van der Waals surface area (Å²) in [5.74, 6) is 1.00. The molecular weight excluding hydrogens is 224 g/mol. The largest absolute Gasteiger partial charge is 0.486 e. The zero-order valence-corrected chi connectivity index (χ0v) is 10.6. The van der Waals surface area contributed by atoms with E-state index in [1.54, 1.807) is 0 Å². The van der Waals surface area contributed by atoms with Crippen LogP contribution in [0.25, 0.3) is 10.8 Å². The Labute approximate surface area is 107 Å². The van der Waals surface area contributed by atoms with Gasteiger partial charge in [-0.1, -0.05) is 30.3 Å². The summed E-state index contributed by atoms with van der Waals surface area (Å²) in [6, 6.07) is 12.6. The Balaban J connectivity index is 2.16. The maximum absolute atomic E-state index is 6.04. The van der Waals surface area contributed by atoms with E-state index in [-0.39, 0.29) is 6.10 Å². The van der Waals surface area contributed by atoms with Crippen LogP contribution >= 0.6 is 0 Å². The van der Waals surface area contributed by atoms with Crippen molar-refractivity contribution in [2.75, 3.05) is 24.5 Å². The summed E-state index contributed by atoms with van der Waals surface area (Å²) < 4.78 is 6.04. The lowest BCUT2D eigenvalue weighted by molar-refractivity contribution is 0.216. The monoisotopic (exact) mass is 242 g/mol. The third kappa shape index (κ3) is 1.81. The first kappa shape index (κ1) is 11.4. The second-order valence-electron chi connectivity index (χ2n) is 4.80. The Morgan fingerprint density at radius 1 is 1.28 bits per heavy atom. The zero-order valence-electron chi connectivity index (χ0n) is 10.6. The van der Waals surface area contributed by atoms with Gasteiger partial charge in [0.05, 0.1) is 12.2 Å². The van der Waals surface area contributed by atoms with E-state index in [4.69, 9.17) is 10.5 Å². The van der Waals surface area contributed by atoms with Crippen LogP contribution in [0.5, 0.6) is 5.75 Å². The zero-order chi connectivity index (χ0) is 12.5. The van der Waals surface area contributed by atoms with Gasteiger partial charge in [-0.15, -0.1) is 0 Å². The third-order valence-electron chi connectivity index (χ3n) is 3.40. The number of nitrogens with zero attached hydrogens (tertiary/aromatic N) is 1. The first-order valence-electron chi connectivity index (χ1n) is 6.43. The number of nitrogens with two attached hydrogens (primary N) is 1. The second-order valence-corrected chi connectivity index (χ2v) is 4.80. The van der Waals surface area contributed by atoms with Gasteiger partial charge < -0.3 is 15.4 Å². The minimum atomic E-state index is 0.204. The fourth-order valence-electron chi connectivity index (χ4n) is 2.62. The van der Waals surface area contributed by atoms with Crippen molar-refractivity contribution in [1.29, 1.82) is 0 Å². The highest BCUT2D eigenvalue weighted by molar-refractivity contribution is 5.94. The third-order valence-corrected chi connectivity index (χ3v) is 3.40. The number of benzene rings is 2. The predicted molar refractivity (Wildman–Crippen MR) is 75.3 cm³/mol. The van der Waals surface area contributed by atoms with E-state index in [1.165, 1.54) is 10.8 Å². The molecule has 0 fully saturated rings. The van der Waals surface area contributed by atoms with Crippen molar-refractivity contribution in [1.82, 2.24) is 0 Å². The molecule has 0 spiro atoms. The van der Waals surface area contributed by atoms with E-state index in [2.05, 4.69) is 48.2 Å². The molecule has 2 aromatic rings. The summed E-state index contributed by atoms with van der Waals surface area (Å²) >= 11 is 0. The minimum Gasteiger partial charge on any atom is -0.486 e. The van der Waals surface area contributed by atoms with Crippen molar-refractivity contribution in [3.8, 4) is 5.75 Å². The fourth-order valence-corrected chi connectivity index (χ4v) is 2.62. The average molecular weight is 242 g/mol. The van der Waals surface area contributed by atoms with Crippen molar-refractivity contribution < 1.29 is 4.74 Å². The Morgan fingerprint density at radius 3 is 2.94 bits per heavy atom. The smallest absolute Gasteiger partial charge is 0.150 e. The van der Waals surface area contributed by atoms with Crippen LogP contribution in [0, 0.1) is 0 Å². The molecule has 0 saturated heterocycles. The molecule has 0 bridgehead atoms. The molecule has 0 saturated carbocycles. The van der Waals surface area contributed by atoms with Gasteiger partial charge in [-0.25, -0.2) is 0 Å². The Kier molecular flexibility index (Phi) is 2.84. The average Bonchev–Trinajstić information content (AvgIpc) is 2.39. The van der Waals surface area contributed by atoms with Crippen molar-refractivity contribution in [2.24, 2.45) is 5.73 Å². The van der Waals surface area contributed by atoms with Crippen LogP contribution in [0.4, 0.5) is 5.69 Å². The molecule has 1 unspecified atom stereocenters. The van der Waals surface area contributed by atoms with Crippen molar-refractivity contribution in [2.45, 2.75) is 13.0 Å². The normalized spacial score (nSPS) is 18.6. The second kappa shape index (κ2) is 4.50. The van der Waals surface area contributed by atoms with Crippen molar-refractivity contribution in [3.05, 3.63) is 36.4 Å². The summed E-state index contributed by atoms with van der Waals surface area (Å²) in [4.78, 5) is 2.32. The van der Waals surface area contributed by atoms with Gasteiger partial charge in [0.25, 0.3) is 0 Å². The molecule has 3 heteroatoms. The molecule has 94 valence electrons. The van der Waals surface area contributed by atoms with E-state index in [0.717, 1.165) is 24.5 Å². The first-order valence-corrected chi connectivity index (χ1v) is 6.43. The van der Waals surface area contributed by atoms with Gasteiger partial charge in [-0.2, -0.15) is 0 Å². The van der Waals surface area contributed by atoms with Crippen molar-refractivity contribution >= 4 is 16.5 Å². The van der Waals surface area contributed by atoms with E-state index in [9.17, 15) is 0 Å². The number of rotatable bonds is 2. The van der Waals surface area contributed by atoms with E-state index < -0.39 is 0 Å². The van der Waals surface area contributed by atoms with E-state index >= 15 is 0 Å². The number of fused-ring (bicyclic) bond motifs is 3. The molecule has 2 aromatic carbocycles. The molecule has 2 N–H and O–H groups in total. The van der Waals surface area contributed by atoms with Crippen LogP contribution in [0.1, 0.15) is 6.92 Å². The Bertz CT molecular complexity index is 567. The molecule has 18 heavy (non-hydrogen) atoms. The molecule has 1 heterocycles. The van der Waals surface area contributed by atoms with Gasteiger partial charge in [0.15, 0.2) is 5.75 Å². The molecule has 0 aliphatic carbocycles. The maximum atomic E-state index is 6.04. The van der Waals surface area contributed by atoms with Gasteiger partial charge in [-0.05, 0) is 18.4 Å². The van der Waals surface area contributed by atoms with Crippen LogP contribution in [0.2, 0.25) is 0 Å². The van der Waals surface area contributed by atoms with E-state index in [0.29, 0.717) is 6.54 Å². The van der Waals surface area contributed by atoms with Gasteiger partial charge >= 0.3 is 0 Å². The van der Waals surface area contributed by atoms with Gasteiger partial charge in [0.2, 0.25) is 0 Å². The number of hydrogen-bond acceptors (Lipinski definition) is 3. The SMILES string of the molecule is CC1CN(CCN)c2ccc3ccccc3c2O1. The van der Waals surface area contributed by atoms with Crippen LogP contribution < -0.4 is 15.4 Å². The summed E-state index contributed by atoms with van der Waals surface area (Å²) in [5, 5.41) is 2.40. The minimum absolute atomic E-state index is 0.204. The van der Waals surface area contributed by atoms with Gasteiger partial charge in [0.1, 0.15) is 6.10 Å². The molecule has 1 atom stereocenters. The lowest BCUT2D eigenvalue weighted by Crippen LogP contribution is -2.41. The van der Waals surface area contributed by atoms with Gasteiger partial charge in [-0.3, -0.25) is 0 Å². The molecule has 0 radical (unpaired) electrons. The quantitative estimate of drug-likeness (QED) is 0.878. The summed E-state index contributed by atoms with van der Waals surface area (Å²) in [7, 11) is 0. The number of ether oxygens (including phenoxy) is 1. The summed E-state index contributed by atoms with van der Waals surface area (Å²) in [6.07, 6.45) is 0.204. The standard InChI is InChI=1S/C15H18N2O/c1-11-10-17(9-8-16)14-7-6-12-4-2-3-5-13(12)15(14)18-11/h2-7,11H,8-10,16H2,1H3.